The minimum absolute atomic E-state index is 0.205. The summed E-state index contributed by atoms with van der Waals surface area (Å²) in [6.45, 7) is 7.54. The van der Waals surface area contributed by atoms with Crippen LogP contribution in [-0.4, -0.2) is 27.4 Å². The number of nitrogens with zero attached hydrogens (tertiary/aromatic N) is 2. The lowest BCUT2D eigenvalue weighted by molar-refractivity contribution is 0.199. The molecule has 5 heteroatoms. The van der Waals surface area contributed by atoms with Crippen LogP contribution in [0.1, 0.15) is 58.6 Å². The highest BCUT2D eigenvalue weighted by atomic mass is 32.1. The van der Waals surface area contributed by atoms with E-state index in [0.29, 0.717) is 11.9 Å². The molecule has 0 amide bonds. The number of hydrogen-bond donors (Lipinski definition) is 1. The highest BCUT2D eigenvalue weighted by molar-refractivity contribution is 6.99. The van der Waals surface area contributed by atoms with Crippen molar-refractivity contribution >= 4 is 17.3 Å². The standard InChI is InChI=1S/C15H25N3OS/c1-4-5-6-8-11(2)19-15-14(17-20-18-15)13-9-7-10-16-12(13)3/h9,11-12,16H,4-8,10H2,1-3H3. The van der Waals surface area contributed by atoms with Crippen LogP contribution in [0.4, 0.5) is 0 Å². The molecule has 0 fully saturated rings. The molecule has 0 saturated carbocycles. The second-order valence-corrected chi connectivity index (χ2v) is 5.99. The highest BCUT2D eigenvalue weighted by Crippen LogP contribution is 2.29. The second-order valence-electron chi connectivity index (χ2n) is 5.47. The zero-order valence-corrected chi connectivity index (χ0v) is 13.5. The van der Waals surface area contributed by atoms with Crippen molar-refractivity contribution in [3.63, 3.8) is 0 Å². The molecule has 2 atom stereocenters. The predicted octanol–water partition coefficient (Wildman–Crippen LogP) is 3.65. The molecular weight excluding hydrogens is 270 g/mol. The SMILES string of the molecule is CCCCCC(C)Oc1nsnc1C1=CCCNC1C. The maximum absolute atomic E-state index is 6.00. The van der Waals surface area contributed by atoms with E-state index in [4.69, 9.17) is 4.74 Å². The van der Waals surface area contributed by atoms with Crippen LogP contribution in [-0.2, 0) is 0 Å². The first kappa shape index (κ1) is 15.4. The van der Waals surface area contributed by atoms with Crippen LogP contribution in [0.5, 0.6) is 5.88 Å². The molecule has 0 bridgehead atoms. The van der Waals surface area contributed by atoms with Gasteiger partial charge in [-0.3, -0.25) is 0 Å². The Kier molecular flexibility index (Phi) is 5.98. The lowest BCUT2D eigenvalue weighted by Crippen LogP contribution is -2.31. The molecule has 0 radical (unpaired) electrons. The first-order valence-electron chi connectivity index (χ1n) is 7.65. The summed E-state index contributed by atoms with van der Waals surface area (Å²) in [6.07, 6.45) is 8.31. The molecule has 4 nitrogen and oxygen atoms in total. The fraction of sp³-hybridized carbons (Fsp3) is 0.733. The topological polar surface area (TPSA) is 47.0 Å². The van der Waals surface area contributed by atoms with Crippen molar-refractivity contribution in [1.29, 1.82) is 0 Å². The third-order valence-corrected chi connectivity index (χ3v) is 4.20. The molecule has 0 aliphatic carbocycles. The minimum atomic E-state index is 0.205. The molecule has 1 N–H and O–H groups in total. The number of hydrogen-bond acceptors (Lipinski definition) is 5. The Hall–Kier alpha value is -0.940. The van der Waals surface area contributed by atoms with Gasteiger partial charge in [0, 0.05) is 6.04 Å². The Morgan fingerprint density at radius 1 is 1.45 bits per heavy atom. The van der Waals surface area contributed by atoms with Crippen LogP contribution in [0, 0.1) is 0 Å². The van der Waals surface area contributed by atoms with Crippen molar-refractivity contribution < 1.29 is 4.74 Å². The molecule has 1 aromatic rings. The minimum Gasteiger partial charge on any atom is -0.472 e. The Morgan fingerprint density at radius 2 is 2.30 bits per heavy atom. The largest absolute Gasteiger partial charge is 0.472 e. The van der Waals surface area contributed by atoms with Gasteiger partial charge in [-0.15, -0.1) is 4.37 Å². The van der Waals surface area contributed by atoms with Crippen LogP contribution in [0.2, 0.25) is 0 Å². The molecule has 2 rings (SSSR count). The molecule has 0 aromatic carbocycles. The third-order valence-electron chi connectivity index (χ3n) is 3.68. The van der Waals surface area contributed by atoms with Gasteiger partial charge in [-0.2, -0.15) is 4.37 Å². The fourth-order valence-electron chi connectivity index (χ4n) is 2.48. The van der Waals surface area contributed by atoms with E-state index in [9.17, 15) is 0 Å². The summed E-state index contributed by atoms with van der Waals surface area (Å²) in [6, 6.07) is 0.324. The predicted molar refractivity (Wildman–Crippen MR) is 84.2 cm³/mol. The Labute approximate surface area is 126 Å². The van der Waals surface area contributed by atoms with E-state index in [2.05, 4.69) is 40.9 Å². The van der Waals surface area contributed by atoms with E-state index < -0.39 is 0 Å². The molecule has 2 unspecified atom stereocenters. The molecule has 1 aromatic heterocycles. The Morgan fingerprint density at radius 3 is 3.05 bits per heavy atom. The van der Waals surface area contributed by atoms with Crippen LogP contribution < -0.4 is 10.1 Å². The fourth-order valence-corrected chi connectivity index (χ4v) is 2.99. The molecule has 1 aliphatic rings. The average Bonchev–Trinajstić information content (AvgIpc) is 2.87. The van der Waals surface area contributed by atoms with Gasteiger partial charge in [0.05, 0.1) is 17.8 Å². The van der Waals surface area contributed by atoms with Gasteiger partial charge in [0.15, 0.2) is 0 Å². The van der Waals surface area contributed by atoms with Crippen molar-refractivity contribution in [3.05, 3.63) is 11.8 Å². The quantitative estimate of drug-likeness (QED) is 0.780. The summed E-state index contributed by atoms with van der Waals surface area (Å²) in [5.41, 5.74) is 2.15. The monoisotopic (exact) mass is 295 g/mol. The van der Waals surface area contributed by atoms with Gasteiger partial charge in [0.25, 0.3) is 5.88 Å². The molecule has 20 heavy (non-hydrogen) atoms. The zero-order chi connectivity index (χ0) is 14.4. The van der Waals surface area contributed by atoms with Crippen molar-refractivity contribution in [2.75, 3.05) is 6.54 Å². The van der Waals surface area contributed by atoms with Gasteiger partial charge in [0.2, 0.25) is 0 Å². The summed E-state index contributed by atoms with van der Waals surface area (Å²) < 4.78 is 14.8. The molecule has 0 saturated heterocycles. The highest BCUT2D eigenvalue weighted by Gasteiger charge is 2.22. The summed E-state index contributed by atoms with van der Waals surface area (Å²) in [5.74, 6) is 0.709. The summed E-state index contributed by atoms with van der Waals surface area (Å²) in [7, 11) is 0. The normalized spacial score (nSPS) is 20.6. The molecule has 112 valence electrons. The van der Waals surface area contributed by atoms with Gasteiger partial charge in [-0.25, -0.2) is 0 Å². The van der Waals surface area contributed by atoms with E-state index in [1.807, 2.05) is 0 Å². The van der Waals surface area contributed by atoms with E-state index in [-0.39, 0.29) is 6.10 Å². The summed E-state index contributed by atoms with van der Waals surface area (Å²) in [4.78, 5) is 0. The third kappa shape index (κ3) is 4.03. The van der Waals surface area contributed by atoms with E-state index in [1.54, 1.807) is 0 Å². The van der Waals surface area contributed by atoms with Crippen molar-refractivity contribution in [2.45, 2.75) is 65.0 Å². The zero-order valence-electron chi connectivity index (χ0n) is 12.7. The van der Waals surface area contributed by atoms with E-state index >= 15 is 0 Å². The van der Waals surface area contributed by atoms with Crippen LogP contribution in [0.25, 0.3) is 5.57 Å². The van der Waals surface area contributed by atoms with Gasteiger partial charge >= 0.3 is 0 Å². The lowest BCUT2D eigenvalue weighted by Gasteiger charge is -2.22. The number of unbranched alkanes of at least 4 members (excludes halogenated alkanes) is 2. The Bertz CT molecular complexity index is 444. The van der Waals surface area contributed by atoms with Gasteiger partial charge in [-0.05, 0) is 45.2 Å². The van der Waals surface area contributed by atoms with Crippen molar-refractivity contribution in [2.24, 2.45) is 0 Å². The number of nitrogens with one attached hydrogen (secondary N) is 1. The summed E-state index contributed by atoms with van der Waals surface area (Å²) >= 11 is 1.24. The van der Waals surface area contributed by atoms with E-state index in [1.165, 1.54) is 36.6 Å². The second kappa shape index (κ2) is 7.74. The summed E-state index contributed by atoms with van der Waals surface area (Å²) in [5, 5.41) is 3.46. The van der Waals surface area contributed by atoms with Crippen LogP contribution in [0.3, 0.4) is 0 Å². The smallest absolute Gasteiger partial charge is 0.253 e. The van der Waals surface area contributed by atoms with Crippen LogP contribution >= 0.6 is 11.7 Å². The molecule has 2 heterocycles. The first-order valence-corrected chi connectivity index (χ1v) is 8.38. The molecule has 0 spiro atoms. The molecular formula is C15H25N3OS. The number of ether oxygens (including phenoxy) is 1. The maximum Gasteiger partial charge on any atom is 0.253 e. The van der Waals surface area contributed by atoms with Crippen LogP contribution in [0.15, 0.2) is 6.08 Å². The van der Waals surface area contributed by atoms with Gasteiger partial charge in [-0.1, -0.05) is 25.8 Å². The van der Waals surface area contributed by atoms with Gasteiger partial charge in [0.1, 0.15) is 5.69 Å². The Balaban J connectivity index is 1.99. The maximum atomic E-state index is 6.00. The first-order chi connectivity index (χ1) is 9.72. The number of aromatic nitrogens is 2. The average molecular weight is 295 g/mol. The van der Waals surface area contributed by atoms with Crippen molar-refractivity contribution in [3.8, 4) is 5.88 Å². The number of rotatable bonds is 7. The lowest BCUT2D eigenvalue weighted by atomic mass is 10.0. The molecule has 1 aliphatic heterocycles. The van der Waals surface area contributed by atoms with Gasteiger partial charge < -0.3 is 10.1 Å². The van der Waals surface area contributed by atoms with Crippen molar-refractivity contribution in [1.82, 2.24) is 14.1 Å². The van der Waals surface area contributed by atoms with E-state index in [0.717, 1.165) is 25.1 Å².